The molecule has 1 aliphatic rings. The molecule has 1 aliphatic heterocycles. The first kappa shape index (κ1) is 17.6. The molecule has 3 rings (SSSR count). The first-order valence-corrected chi connectivity index (χ1v) is 9.13. The Labute approximate surface area is 154 Å². The monoisotopic (exact) mass is 357 g/mol. The predicted octanol–water partition coefficient (Wildman–Crippen LogP) is 4.90. The average Bonchev–Trinajstić information content (AvgIpc) is 2.62. The largest absolute Gasteiger partial charge is 0.372 e. The van der Waals surface area contributed by atoms with Crippen molar-refractivity contribution < 1.29 is 4.79 Å². The Bertz CT molecular complexity index is 709. The highest BCUT2D eigenvalue weighted by Crippen LogP contribution is 2.24. The molecule has 0 radical (unpaired) electrons. The third-order valence-electron chi connectivity index (χ3n) is 4.67. The minimum Gasteiger partial charge on any atom is -0.372 e. The van der Waals surface area contributed by atoms with Gasteiger partial charge in [0.2, 0.25) is 0 Å². The van der Waals surface area contributed by atoms with E-state index in [1.807, 2.05) is 36.4 Å². The molecule has 2 aromatic carbocycles. The van der Waals surface area contributed by atoms with Crippen LogP contribution < -0.4 is 15.5 Å². The molecule has 132 valence electrons. The topological polar surface area (TPSA) is 44.4 Å². The zero-order valence-electron chi connectivity index (χ0n) is 14.5. The molecule has 1 heterocycles. The van der Waals surface area contributed by atoms with Crippen molar-refractivity contribution in [2.24, 2.45) is 5.92 Å². The minimum absolute atomic E-state index is 0.237. The van der Waals surface area contributed by atoms with Gasteiger partial charge in [0, 0.05) is 36.0 Å². The molecule has 2 N–H and O–H groups in total. The minimum atomic E-state index is -0.237. The number of rotatable bonds is 4. The van der Waals surface area contributed by atoms with Gasteiger partial charge in [0.1, 0.15) is 0 Å². The number of urea groups is 1. The number of hydrogen-bond donors (Lipinski definition) is 2. The van der Waals surface area contributed by atoms with Crippen LogP contribution in [0.15, 0.2) is 48.5 Å². The Hall–Kier alpha value is -2.20. The van der Waals surface area contributed by atoms with Crippen molar-refractivity contribution in [3.63, 3.8) is 0 Å². The van der Waals surface area contributed by atoms with Gasteiger partial charge in [0.15, 0.2) is 0 Å². The molecule has 0 aliphatic carbocycles. The van der Waals surface area contributed by atoms with Gasteiger partial charge in [-0.3, -0.25) is 0 Å². The fraction of sp³-hybridized carbons (Fsp3) is 0.350. The zero-order valence-corrected chi connectivity index (χ0v) is 15.2. The van der Waals surface area contributed by atoms with E-state index in [-0.39, 0.29) is 6.03 Å². The van der Waals surface area contributed by atoms with Crippen molar-refractivity contribution in [1.82, 2.24) is 5.32 Å². The summed E-state index contributed by atoms with van der Waals surface area (Å²) in [6, 6.07) is 15.3. The fourth-order valence-corrected chi connectivity index (χ4v) is 3.22. The highest BCUT2D eigenvalue weighted by atomic mass is 35.5. The zero-order chi connectivity index (χ0) is 17.6. The number of carbonyl (C=O) groups is 1. The van der Waals surface area contributed by atoms with Crippen LogP contribution in [0.3, 0.4) is 0 Å². The summed E-state index contributed by atoms with van der Waals surface area (Å²) in [5, 5.41) is 6.34. The lowest BCUT2D eigenvalue weighted by Crippen LogP contribution is -2.32. The van der Waals surface area contributed by atoms with Gasteiger partial charge in [-0.25, -0.2) is 4.79 Å². The number of hydrogen-bond acceptors (Lipinski definition) is 2. The van der Waals surface area contributed by atoms with Crippen LogP contribution in [-0.2, 0) is 6.54 Å². The Morgan fingerprint density at radius 3 is 2.48 bits per heavy atom. The van der Waals surface area contributed by atoms with E-state index in [0.29, 0.717) is 11.6 Å². The van der Waals surface area contributed by atoms with E-state index < -0.39 is 0 Å². The van der Waals surface area contributed by atoms with Gasteiger partial charge in [0.25, 0.3) is 0 Å². The van der Waals surface area contributed by atoms with Crippen LogP contribution in [0.4, 0.5) is 16.2 Å². The van der Waals surface area contributed by atoms with Crippen molar-refractivity contribution in [2.75, 3.05) is 23.3 Å². The highest BCUT2D eigenvalue weighted by molar-refractivity contribution is 6.31. The smallest absolute Gasteiger partial charge is 0.319 e. The van der Waals surface area contributed by atoms with Crippen LogP contribution in [0.5, 0.6) is 0 Å². The molecule has 0 aromatic heterocycles. The Morgan fingerprint density at radius 1 is 1.12 bits per heavy atom. The average molecular weight is 358 g/mol. The number of nitrogens with zero attached hydrogens (tertiary/aromatic N) is 1. The second-order valence-corrected chi connectivity index (χ2v) is 7.02. The van der Waals surface area contributed by atoms with Gasteiger partial charge < -0.3 is 15.5 Å². The molecule has 0 unspecified atom stereocenters. The van der Waals surface area contributed by atoms with Crippen LogP contribution in [0.2, 0.25) is 5.02 Å². The van der Waals surface area contributed by atoms with E-state index in [2.05, 4.69) is 34.6 Å². The van der Waals surface area contributed by atoms with Crippen molar-refractivity contribution in [3.8, 4) is 0 Å². The number of carbonyl (C=O) groups excluding carboxylic acids is 1. The molecule has 0 bridgehead atoms. The van der Waals surface area contributed by atoms with Crippen LogP contribution in [0.1, 0.15) is 25.3 Å². The van der Waals surface area contributed by atoms with Crippen molar-refractivity contribution in [2.45, 2.75) is 26.3 Å². The maximum atomic E-state index is 12.0. The highest BCUT2D eigenvalue weighted by Gasteiger charge is 2.15. The van der Waals surface area contributed by atoms with E-state index in [1.165, 1.54) is 18.5 Å². The maximum Gasteiger partial charge on any atom is 0.319 e. The number of benzene rings is 2. The number of piperidine rings is 1. The number of anilines is 2. The van der Waals surface area contributed by atoms with Crippen LogP contribution in [0, 0.1) is 5.92 Å². The third kappa shape index (κ3) is 4.89. The summed E-state index contributed by atoms with van der Waals surface area (Å²) in [5.74, 6) is 0.819. The van der Waals surface area contributed by atoms with Crippen LogP contribution in [0.25, 0.3) is 0 Å². The summed E-state index contributed by atoms with van der Waals surface area (Å²) in [4.78, 5) is 14.4. The summed E-state index contributed by atoms with van der Waals surface area (Å²) < 4.78 is 0. The molecule has 0 saturated carbocycles. The molecule has 0 spiro atoms. The van der Waals surface area contributed by atoms with Crippen LogP contribution >= 0.6 is 11.6 Å². The van der Waals surface area contributed by atoms with E-state index in [4.69, 9.17) is 11.6 Å². The Kier molecular flexibility index (Phi) is 5.82. The summed E-state index contributed by atoms with van der Waals surface area (Å²) >= 11 is 6.09. The second-order valence-electron chi connectivity index (χ2n) is 6.62. The predicted molar refractivity (Wildman–Crippen MR) is 104 cm³/mol. The van der Waals surface area contributed by atoms with Crippen molar-refractivity contribution in [3.05, 3.63) is 59.1 Å². The van der Waals surface area contributed by atoms with E-state index in [1.54, 1.807) is 0 Å². The summed E-state index contributed by atoms with van der Waals surface area (Å²) in [6.07, 6.45) is 2.48. The molecule has 1 fully saturated rings. The maximum absolute atomic E-state index is 12.0. The summed E-state index contributed by atoms with van der Waals surface area (Å²) in [7, 11) is 0. The molecular formula is C20H24ClN3O. The van der Waals surface area contributed by atoms with E-state index in [0.717, 1.165) is 30.3 Å². The molecule has 1 saturated heterocycles. The molecule has 5 heteroatoms. The molecule has 25 heavy (non-hydrogen) atoms. The normalized spacial score (nSPS) is 15.0. The first-order chi connectivity index (χ1) is 12.1. The van der Waals surface area contributed by atoms with Crippen molar-refractivity contribution >= 4 is 29.0 Å². The lowest BCUT2D eigenvalue weighted by molar-refractivity contribution is 0.251. The lowest BCUT2D eigenvalue weighted by atomic mass is 9.99. The van der Waals surface area contributed by atoms with Gasteiger partial charge in [-0.05, 0) is 54.7 Å². The van der Waals surface area contributed by atoms with E-state index >= 15 is 0 Å². The van der Waals surface area contributed by atoms with Gasteiger partial charge in [-0.15, -0.1) is 0 Å². The fourth-order valence-electron chi connectivity index (χ4n) is 3.01. The number of amides is 2. The molecule has 2 amide bonds. The van der Waals surface area contributed by atoms with Gasteiger partial charge in [-0.1, -0.05) is 36.7 Å². The molecule has 0 atom stereocenters. The van der Waals surface area contributed by atoms with Crippen molar-refractivity contribution in [1.29, 1.82) is 0 Å². The number of halogens is 1. The third-order valence-corrected chi connectivity index (χ3v) is 5.04. The SMILES string of the molecule is CC1CCN(c2ccc(NC(=O)NCc3ccccc3Cl)cc2)CC1. The van der Waals surface area contributed by atoms with E-state index in [9.17, 15) is 4.79 Å². The second kappa shape index (κ2) is 8.26. The number of nitrogens with one attached hydrogen (secondary N) is 2. The van der Waals surface area contributed by atoms with Gasteiger partial charge in [-0.2, -0.15) is 0 Å². The molecule has 2 aromatic rings. The standard InChI is InChI=1S/C20H24ClN3O/c1-15-10-12-24(13-11-15)18-8-6-17(7-9-18)23-20(25)22-14-16-4-2-3-5-19(16)21/h2-9,15H,10-14H2,1H3,(H2,22,23,25). The quantitative estimate of drug-likeness (QED) is 0.817. The Morgan fingerprint density at radius 2 is 1.80 bits per heavy atom. The molecular weight excluding hydrogens is 334 g/mol. The lowest BCUT2D eigenvalue weighted by Gasteiger charge is -2.32. The first-order valence-electron chi connectivity index (χ1n) is 8.75. The summed E-state index contributed by atoms with van der Waals surface area (Å²) in [5.41, 5.74) is 2.90. The van der Waals surface area contributed by atoms with Gasteiger partial charge in [0.05, 0.1) is 0 Å². The van der Waals surface area contributed by atoms with Gasteiger partial charge >= 0.3 is 6.03 Å². The summed E-state index contributed by atoms with van der Waals surface area (Å²) in [6.45, 7) is 4.92. The Balaban J connectivity index is 1.51. The van der Waals surface area contributed by atoms with Crippen LogP contribution in [-0.4, -0.2) is 19.1 Å². The molecule has 4 nitrogen and oxygen atoms in total.